The number of aromatic nitrogens is 1. The number of anilines is 2. The number of carbonyl (C=O) groups is 1. The molecule has 2 N–H and O–H groups in total. The third-order valence-electron chi connectivity index (χ3n) is 3.92. The minimum atomic E-state index is -0.266. The number of nitrogens with zero attached hydrogens (tertiary/aromatic N) is 2. The summed E-state index contributed by atoms with van der Waals surface area (Å²) in [6.07, 6.45) is 2.34. The molecule has 1 aromatic heterocycles. The number of hydrogen-bond acceptors (Lipinski definition) is 6. The molecule has 1 aliphatic rings. The highest BCUT2D eigenvalue weighted by atomic mass is 32.1. The smallest absolute Gasteiger partial charge is 0.319 e. The molecule has 7 nitrogen and oxygen atoms in total. The lowest BCUT2D eigenvalue weighted by molar-refractivity contribution is 0.0679. The van der Waals surface area contributed by atoms with Crippen molar-refractivity contribution < 1.29 is 14.3 Å². The number of thiazole rings is 1. The van der Waals surface area contributed by atoms with Crippen molar-refractivity contribution in [3.05, 3.63) is 35.3 Å². The van der Waals surface area contributed by atoms with Crippen LogP contribution in [-0.2, 0) is 11.3 Å². The summed E-state index contributed by atoms with van der Waals surface area (Å²) in [7, 11) is 3.88. The first-order chi connectivity index (χ1) is 12.6. The van der Waals surface area contributed by atoms with Gasteiger partial charge >= 0.3 is 6.03 Å². The summed E-state index contributed by atoms with van der Waals surface area (Å²) in [6, 6.07) is 7.05. The van der Waals surface area contributed by atoms with Crippen LogP contribution < -0.4 is 20.3 Å². The van der Waals surface area contributed by atoms with Crippen molar-refractivity contribution in [1.29, 1.82) is 0 Å². The zero-order valence-corrected chi connectivity index (χ0v) is 15.8. The van der Waals surface area contributed by atoms with Crippen molar-refractivity contribution in [3.63, 3.8) is 0 Å². The molecule has 0 spiro atoms. The molecule has 0 saturated carbocycles. The van der Waals surface area contributed by atoms with Gasteiger partial charge in [-0.1, -0.05) is 0 Å². The van der Waals surface area contributed by atoms with Gasteiger partial charge in [-0.05, 0) is 37.1 Å². The Labute approximate surface area is 157 Å². The molecule has 140 valence electrons. The maximum Gasteiger partial charge on any atom is 0.319 e. The number of ether oxygens (including phenoxy) is 2. The molecule has 0 aliphatic carbocycles. The predicted molar refractivity (Wildman–Crippen MR) is 103 cm³/mol. The maximum absolute atomic E-state index is 12.0. The Hall–Kier alpha value is -2.32. The zero-order chi connectivity index (χ0) is 18.4. The number of carbonyl (C=O) groups excluding carboxylic acids is 1. The minimum Gasteiger partial charge on any atom is -0.491 e. The number of nitrogens with one attached hydrogen (secondary N) is 2. The van der Waals surface area contributed by atoms with E-state index in [9.17, 15) is 4.79 Å². The third kappa shape index (κ3) is 5.34. The van der Waals surface area contributed by atoms with Crippen LogP contribution in [0.4, 0.5) is 15.6 Å². The van der Waals surface area contributed by atoms with Crippen molar-refractivity contribution in [2.45, 2.75) is 25.5 Å². The first-order valence-electron chi connectivity index (χ1n) is 8.61. The molecule has 1 aromatic carbocycles. The Morgan fingerprint density at radius 3 is 2.85 bits per heavy atom. The zero-order valence-electron chi connectivity index (χ0n) is 15.0. The molecular formula is C18H24N4O3S. The Kier molecular flexibility index (Phi) is 6.30. The number of hydrogen-bond donors (Lipinski definition) is 2. The normalized spacial score (nSPS) is 16.3. The number of amides is 2. The van der Waals surface area contributed by atoms with Crippen molar-refractivity contribution in [3.8, 4) is 5.75 Å². The first-order valence-corrected chi connectivity index (χ1v) is 9.49. The SMILES string of the molecule is CN(C)c1nc(CNC(=O)Nc2ccc(OC[C@H]3CCCO3)cc2)cs1. The fraction of sp³-hybridized carbons (Fsp3) is 0.444. The summed E-state index contributed by atoms with van der Waals surface area (Å²) in [5, 5.41) is 8.46. The Morgan fingerprint density at radius 1 is 1.38 bits per heavy atom. The molecule has 2 amide bonds. The maximum atomic E-state index is 12.0. The summed E-state index contributed by atoms with van der Waals surface area (Å²) >= 11 is 1.55. The van der Waals surface area contributed by atoms with E-state index in [0.29, 0.717) is 18.8 Å². The van der Waals surface area contributed by atoms with E-state index in [2.05, 4.69) is 15.6 Å². The quantitative estimate of drug-likeness (QED) is 0.777. The molecule has 1 fully saturated rings. The average molecular weight is 376 g/mol. The van der Waals surface area contributed by atoms with Gasteiger partial charge in [0.1, 0.15) is 12.4 Å². The number of benzene rings is 1. The summed E-state index contributed by atoms with van der Waals surface area (Å²) in [5.41, 5.74) is 1.55. The van der Waals surface area contributed by atoms with Crippen LogP contribution in [0.1, 0.15) is 18.5 Å². The van der Waals surface area contributed by atoms with E-state index in [1.807, 2.05) is 48.6 Å². The van der Waals surface area contributed by atoms with Crippen LogP contribution in [0.15, 0.2) is 29.6 Å². The summed E-state index contributed by atoms with van der Waals surface area (Å²) < 4.78 is 11.2. The Balaban J connectivity index is 1.41. The largest absolute Gasteiger partial charge is 0.491 e. The van der Waals surface area contributed by atoms with E-state index in [-0.39, 0.29) is 12.1 Å². The van der Waals surface area contributed by atoms with Gasteiger partial charge in [-0.25, -0.2) is 9.78 Å². The Morgan fingerprint density at radius 2 is 2.19 bits per heavy atom. The molecule has 1 atom stereocenters. The van der Waals surface area contributed by atoms with E-state index < -0.39 is 0 Å². The molecule has 2 heterocycles. The lowest BCUT2D eigenvalue weighted by Crippen LogP contribution is -2.28. The van der Waals surface area contributed by atoms with Crippen molar-refractivity contribution >= 4 is 28.2 Å². The van der Waals surface area contributed by atoms with Gasteiger partial charge in [0.05, 0.1) is 18.3 Å². The van der Waals surface area contributed by atoms with Gasteiger partial charge in [-0.3, -0.25) is 0 Å². The summed E-state index contributed by atoms with van der Waals surface area (Å²) in [5.74, 6) is 0.769. The van der Waals surface area contributed by atoms with Gasteiger partial charge in [-0.15, -0.1) is 11.3 Å². The van der Waals surface area contributed by atoms with E-state index in [1.165, 1.54) is 0 Å². The van der Waals surface area contributed by atoms with Gasteiger partial charge in [0.15, 0.2) is 5.13 Å². The van der Waals surface area contributed by atoms with Crippen LogP contribution in [0.5, 0.6) is 5.75 Å². The fourth-order valence-electron chi connectivity index (χ4n) is 2.53. The molecule has 0 radical (unpaired) electrons. The van der Waals surface area contributed by atoms with Gasteiger partial charge in [0.25, 0.3) is 0 Å². The van der Waals surface area contributed by atoms with Gasteiger partial charge in [0, 0.05) is 31.8 Å². The number of urea groups is 1. The highest BCUT2D eigenvalue weighted by molar-refractivity contribution is 7.13. The average Bonchev–Trinajstić information content (AvgIpc) is 3.31. The molecule has 3 rings (SSSR count). The Bertz CT molecular complexity index is 711. The van der Waals surface area contributed by atoms with Gasteiger partial charge in [-0.2, -0.15) is 0 Å². The fourth-order valence-corrected chi connectivity index (χ4v) is 3.29. The van der Waals surface area contributed by atoms with E-state index >= 15 is 0 Å². The number of rotatable bonds is 7. The summed E-state index contributed by atoms with van der Waals surface area (Å²) in [6.45, 7) is 1.78. The molecule has 8 heteroatoms. The monoisotopic (exact) mass is 376 g/mol. The molecule has 2 aromatic rings. The third-order valence-corrected chi connectivity index (χ3v) is 4.98. The van der Waals surface area contributed by atoms with Crippen LogP contribution in [0, 0.1) is 0 Å². The van der Waals surface area contributed by atoms with Crippen LogP contribution >= 0.6 is 11.3 Å². The molecule has 26 heavy (non-hydrogen) atoms. The molecule has 1 aliphatic heterocycles. The van der Waals surface area contributed by atoms with Crippen molar-refractivity contribution in [2.24, 2.45) is 0 Å². The second-order valence-corrected chi connectivity index (χ2v) is 7.13. The van der Waals surface area contributed by atoms with Gasteiger partial charge in [0.2, 0.25) is 0 Å². The lowest BCUT2D eigenvalue weighted by Gasteiger charge is -2.12. The van der Waals surface area contributed by atoms with E-state index in [1.54, 1.807) is 11.3 Å². The standard InChI is InChI=1S/C18H24N4O3S/c1-22(2)18-21-14(12-26-18)10-19-17(23)20-13-5-7-15(8-6-13)25-11-16-4-3-9-24-16/h5-8,12,16H,3-4,9-11H2,1-2H3,(H2,19,20,23)/t16-/m1/s1. The summed E-state index contributed by atoms with van der Waals surface area (Å²) in [4.78, 5) is 18.4. The molecule has 1 saturated heterocycles. The highest BCUT2D eigenvalue weighted by Crippen LogP contribution is 2.19. The minimum absolute atomic E-state index is 0.192. The highest BCUT2D eigenvalue weighted by Gasteiger charge is 2.15. The molecule has 0 bridgehead atoms. The molecule has 0 unspecified atom stereocenters. The topological polar surface area (TPSA) is 75.7 Å². The van der Waals surface area contributed by atoms with Crippen molar-refractivity contribution in [2.75, 3.05) is 37.5 Å². The predicted octanol–water partition coefficient (Wildman–Crippen LogP) is 3.09. The van der Waals surface area contributed by atoms with E-state index in [4.69, 9.17) is 9.47 Å². The van der Waals surface area contributed by atoms with Crippen LogP contribution in [-0.4, -0.2) is 44.4 Å². The van der Waals surface area contributed by atoms with Gasteiger partial charge < -0.3 is 25.0 Å². The second-order valence-electron chi connectivity index (χ2n) is 6.29. The molecular weight excluding hydrogens is 352 g/mol. The van der Waals surface area contributed by atoms with Crippen LogP contribution in [0.2, 0.25) is 0 Å². The lowest BCUT2D eigenvalue weighted by atomic mass is 10.2. The van der Waals surface area contributed by atoms with Crippen molar-refractivity contribution in [1.82, 2.24) is 10.3 Å². The van der Waals surface area contributed by atoms with Crippen LogP contribution in [0.25, 0.3) is 0 Å². The second kappa shape index (κ2) is 8.86. The van der Waals surface area contributed by atoms with E-state index in [0.717, 1.165) is 36.0 Å². The van der Waals surface area contributed by atoms with Crippen LogP contribution in [0.3, 0.4) is 0 Å². The first kappa shape index (κ1) is 18.5.